The van der Waals surface area contributed by atoms with Crippen LogP contribution in [0.1, 0.15) is 105 Å². The van der Waals surface area contributed by atoms with Crippen molar-refractivity contribution in [1.82, 2.24) is 4.90 Å². The Morgan fingerprint density at radius 3 is 2.32 bits per heavy atom. The molecule has 3 fully saturated rings. The topological polar surface area (TPSA) is 189 Å². The number of Topliss-reactive ketones (excluding diaryl/α,β-unsaturated/α-hetero) is 2. The van der Waals surface area contributed by atoms with E-state index in [2.05, 4.69) is 6.58 Å². The fraction of sp³-hybridized carbons (Fsp3) is 0.767. The lowest BCUT2D eigenvalue weighted by Crippen LogP contribution is -2.57. The van der Waals surface area contributed by atoms with E-state index in [-0.39, 0.29) is 49.5 Å². The van der Waals surface area contributed by atoms with Gasteiger partial charge in [-0.15, -0.1) is 6.58 Å². The number of carbonyl (C=O) groups excluding carboxylic acids is 4. The number of allylic oxidation sites excluding steroid dienone is 4. The molecule has 1 amide bonds. The molecule has 3 aliphatic heterocycles. The van der Waals surface area contributed by atoms with Crippen molar-refractivity contribution < 1.29 is 58.6 Å². The number of hydrogen-bond acceptors (Lipinski definition) is 12. The zero-order valence-electron chi connectivity index (χ0n) is 34.4. The number of ether oxygens (including phenoxy) is 4. The number of methoxy groups -OCH3 is 2. The minimum atomic E-state index is -2.53. The average molecular weight is 790 g/mol. The molecule has 14 atom stereocenters. The number of rotatable bonds is 6. The van der Waals surface area contributed by atoms with Gasteiger partial charge in [-0.2, -0.15) is 0 Å². The van der Waals surface area contributed by atoms with Gasteiger partial charge in [0.05, 0.1) is 30.5 Å². The van der Waals surface area contributed by atoms with Gasteiger partial charge < -0.3 is 44.3 Å². The maximum atomic E-state index is 14.2. The first-order valence-electron chi connectivity index (χ1n) is 20.5. The van der Waals surface area contributed by atoms with E-state index < -0.39 is 83.9 Å². The summed E-state index contributed by atoms with van der Waals surface area (Å²) in [4.78, 5) is 57.1. The highest BCUT2D eigenvalue weighted by Gasteiger charge is 2.57. The summed E-state index contributed by atoms with van der Waals surface area (Å²) >= 11 is 0. The molecule has 1 aliphatic carbocycles. The Morgan fingerprint density at radius 2 is 1.66 bits per heavy atom. The zero-order valence-corrected chi connectivity index (χ0v) is 34.4. The lowest BCUT2D eigenvalue weighted by molar-refractivity contribution is -0.225. The molecule has 13 heteroatoms. The molecular weight excluding hydrogens is 722 g/mol. The second-order valence-corrected chi connectivity index (χ2v) is 17.1. The number of amides is 1. The summed E-state index contributed by atoms with van der Waals surface area (Å²) in [7, 11) is 3.02. The van der Waals surface area contributed by atoms with Crippen LogP contribution in [0.4, 0.5) is 0 Å². The molecule has 0 aromatic rings. The quantitative estimate of drug-likeness (QED) is 0.172. The van der Waals surface area contributed by atoms with E-state index in [0.29, 0.717) is 56.9 Å². The molecule has 0 radical (unpaired) electrons. The summed E-state index contributed by atoms with van der Waals surface area (Å²) in [5.74, 6) is -7.99. The van der Waals surface area contributed by atoms with Crippen LogP contribution in [0.3, 0.4) is 0 Å². The summed E-state index contributed by atoms with van der Waals surface area (Å²) in [6.45, 7) is 12.9. The first kappa shape index (κ1) is 45.9. The third kappa shape index (κ3) is 10.8. The minimum absolute atomic E-state index is 0.0115. The smallest absolute Gasteiger partial charge is 0.329 e. The van der Waals surface area contributed by atoms with Crippen LogP contribution in [0.2, 0.25) is 0 Å². The summed E-state index contributed by atoms with van der Waals surface area (Å²) in [6, 6.07) is -1.16. The normalized spacial score (nSPS) is 41.5. The number of piperidine rings is 1. The lowest BCUT2D eigenvalue weighted by Gasteiger charge is -2.38. The summed E-state index contributed by atoms with van der Waals surface area (Å²) < 4.78 is 23.3. The Kier molecular flexibility index (Phi) is 16.6. The molecule has 0 aromatic heterocycles. The Balaban J connectivity index is 1.74. The molecule has 3 unspecified atom stereocenters. The molecule has 0 spiro atoms. The van der Waals surface area contributed by atoms with Crippen LogP contribution in [-0.4, -0.2) is 124 Å². The maximum Gasteiger partial charge on any atom is 0.329 e. The number of fused-ring (bicyclic) bond motifs is 3. The lowest BCUT2D eigenvalue weighted by atomic mass is 9.81. The number of carbonyl (C=O) groups is 4. The van der Waals surface area contributed by atoms with Gasteiger partial charge in [-0.3, -0.25) is 14.4 Å². The Morgan fingerprint density at radius 1 is 0.964 bits per heavy atom. The fourth-order valence-corrected chi connectivity index (χ4v) is 9.20. The Hall–Kier alpha value is -2.78. The van der Waals surface area contributed by atoms with Gasteiger partial charge in [0.2, 0.25) is 5.79 Å². The minimum Gasteiger partial charge on any atom is -0.456 e. The highest BCUT2D eigenvalue weighted by molar-refractivity contribution is 6.39. The van der Waals surface area contributed by atoms with E-state index in [1.165, 1.54) is 7.11 Å². The molecule has 2 bridgehead atoms. The van der Waals surface area contributed by atoms with Crippen LogP contribution in [0.25, 0.3) is 0 Å². The summed E-state index contributed by atoms with van der Waals surface area (Å²) in [5, 5.41) is 45.1. The predicted molar refractivity (Wildman–Crippen MR) is 208 cm³/mol. The average Bonchev–Trinajstić information content (AvgIpc) is 3.48. The number of ketones is 2. The highest BCUT2D eigenvalue weighted by Crippen LogP contribution is 2.39. The molecular formula is C43H67NO12. The molecule has 4 N–H and O–H groups in total. The van der Waals surface area contributed by atoms with Crippen molar-refractivity contribution in [1.29, 1.82) is 0 Å². The van der Waals surface area contributed by atoms with Gasteiger partial charge in [-0.05, 0) is 95.5 Å². The van der Waals surface area contributed by atoms with Crippen molar-refractivity contribution in [3.8, 4) is 0 Å². The van der Waals surface area contributed by atoms with E-state index in [9.17, 15) is 39.6 Å². The Labute approximate surface area is 332 Å². The van der Waals surface area contributed by atoms with Crippen molar-refractivity contribution >= 4 is 23.4 Å². The van der Waals surface area contributed by atoms with E-state index in [1.54, 1.807) is 34.0 Å². The zero-order chi connectivity index (χ0) is 41.5. The second kappa shape index (κ2) is 20.3. The van der Waals surface area contributed by atoms with Crippen molar-refractivity contribution in [2.75, 3.05) is 20.8 Å². The molecule has 4 aliphatic rings. The molecule has 316 valence electrons. The van der Waals surface area contributed by atoms with Gasteiger partial charge >= 0.3 is 5.97 Å². The van der Waals surface area contributed by atoms with Crippen molar-refractivity contribution in [3.05, 3.63) is 36.0 Å². The largest absolute Gasteiger partial charge is 0.456 e. The van der Waals surface area contributed by atoms with Gasteiger partial charge in [-0.1, -0.05) is 44.6 Å². The maximum absolute atomic E-state index is 14.2. The third-order valence-electron chi connectivity index (χ3n) is 12.6. The second-order valence-electron chi connectivity index (χ2n) is 17.1. The van der Waals surface area contributed by atoms with Crippen LogP contribution in [0.5, 0.6) is 0 Å². The standard InChI is InChI=1S/C43H67NO12/c1-9-12-30-18-24(2)17-25(3)19-36(54-8)38(48)37-21-27(5)43(52,56-37)40(49)41(50)44-16-11-10-13-31(44)42(51)55-39(28(6)33(46)23-34(30)47)26(4)20-29-14-15-32(45)35(22-29)53-7/h9,18,20,25,27-33,35-39,45-46,48,52H,1,10-17,19,21-23H2,2-8H3/b24-18+,26-20+/t25-,27?,28+,29-,30+,31-,32+,33-,35+,36-,37?,38-,39+,43?/m0/s1. The molecule has 1 saturated carbocycles. The van der Waals surface area contributed by atoms with E-state index in [1.807, 2.05) is 26.0 Å². The Bertz CT molecular complexity index is 1460. The highest BCUT2D eigenvalue weighted by atomic mass is 16.7. The van der Waals surface area contributed by atoms with Crippen molar-refractivity contribution in [2.45, 2.75) is 160 Å². The molecule has 2 saturated heterocycles. The van der Waals surface area contributed by atoms with E-state index in [4.69, 9.17) is 18.9 Å². The monoisotopic (exact) mass is 789 g/mol. The van der Waals surface area contributed by atoms with Crippen LogP contribution in [0.15, 0.2) is 36.0 Å². The number of hydrogen-bond donors (Lipinski definition) is 4. The molecule has 13 nitrogen and oxygen atoms in total. The van der Waals surface area contributed by atoms with Gasteiger partial charge in [-0.25, -0.2) is 4.79 Å². The first-order chi connectivity index (χ1) is 26.4. The predicted octanol–water partition coefficient (Wildman–Crippen LogP) is 3.98. The van der Waals surface area contributed by atoms with E-state index >= 15 is 0 Å². The molecule has 4 rings (SSSR count). The number of esters is 1. The van der Waals surface area contributed by atoms with Gasteiger partial charge in [0.1, 0.15) is 24.0 Å². The van der Waals surface area contributed by atoms with Crippen molar-refractivity contribution in [3.63, 3.8) is 0 Å². The van der Waals surface area contributed by atoms with Gasteiger partial charge in [0, 0.05) is 44.9 Å². The SMILES string of the molecule is C=CC[C@@H]1/C=C(\C)C[C@H](C)C[C@H](OC)[C@H](O)C2CC(C)C(O)(O2)C(=O)C(=O)N2CCCC[C@H]2C(=O)O[C@H](/C(C)=C/[C@@H]2CC[C@@H](O)[C@H](OC)C2)[C@H](C)[C@@H](O)CC1=O. The van der Waals surface area contributed by atoms with E-state index in [0.717, 1.165) is 10.5 Å². The van der Waals surface area contributed by atoms with Crippen LogP contribution >= 0.6 is 0 Å². The number of nitrogens with zero attached hydrogens (tertiary/aromatic N) is 1. The first-order valence-corrected chi connectivity index (χ1v) is 20.5. The summed E-state index contributed by atoms with van der Waals surface area (Å²) in [6.07, 6.45) is 3.66. The molecule has 0 aromatic carbocycles. The van der Waals surface area contributed by atoms with Crippen LogP contribution in [0, 0.1) is 29.6 Å². The molecule has 56 heavy (non-hydrogen) atoms. The van der Waals surface area contributed by atoms with Crippen LogP contribution < -0.4 is 0 Å². The van der Waals surface area contributed by atoms with Gasteiger partial charge in [0.15, 0.2) is 0 Å². The number of cyclic esters (lactones) is 1. The number of aliphatic hydroxyl groups is 4. The molecule has 3 heterocycles. The summed E-state index contributed by atoms with van der Waals surface area (Å²) in [5.41, 5.74) is 1.58. The number of aliphatic hydroxyl groups excluding tert-OH is 3. The van der Waals surface area contributed by atoms with Crippen LogP contribution in [-0.2, 0) is 38.1 Å². The fourth-order valence-electron chi connectivity index (χ4n) is 9.20. The van der Waals surface area contributed by atoms with Crippen molar-refractivity contribution in [2.24, 2.45) is 29.6 Å². The van der Waals surface area contributed by atoms with Gasteiger partial charge in [0.25, 0.3) is 11.7 Å². The third-order valence-corrected chi connectivity index (χ3v) is 12.6.